The second-order valence-electron chi connectivity index (χ2n) is 5.59. The molecule has 2 rings (SSSR count). The molecule has 1 fully saturated rings. The average molecular weight is 262 g/mol. The first kappa shape index (κ1) is 14.5. The molecule has 0 spiro atoms. The van der Waals surface area contributed by atoms with Crippen molar-refractivity contribution in [3.05, 3.63) is 29.6 Å². The van der Waals surface area contributed by atoms with E-state index < -0.39 is 0 Å². The van der Waals surface area contributed by atoms with Crippen molar-refractivity contribution in [2.75, 3.05) is 13.2 Å². The van der Waals surface area contributed by atoms with Gasteiger partial charge in [0.1, 0.15) is 0 Å². The number of hydrogen-bond donors (Lipinski definition) is 1. The van der Waals surface area contributed by atoms with Gasteiger partial charge < -0.3 is 10.1 Å². The van der Waals surface area contributed by atoms with Crippen LogP contribution in [0.2, 0.25) is 0 Å². The highest BCUT2D eigenvalue weighted by Gasteiger charge is 2.38. The van der Waals surface area contributed by atoms with Crippen molar-refractivity contribution in [1.82, 2.24) is 10.3 Å². The van der Waals surface area contributed by atoms with Gasteiger partial charge in [0.05, 0.1) is 5.60 Å². The van der Waals surface area contributed by atoms with Crippen LogP contribution in [0.4, 0.5) is 0 Å². The smallest absolute Gasteiger partial charge is 0.0811 e. The van der Waals surface area contributed by atoms with Gasteiger partial charge in [0.2, 0.25) is 0 Å². The zero-order valence-corrected chi connectivity index (χ0v) is 12.4. The van der Waals surface area contributed by atoms with Gasteiger partial charge in [-0.05, 0) is 44.4 Å². The Balaban J connectivity index is 2.06. The number of aromatic nitrogens is 1. The second-order valence-corrected chi connectivity index (χ2v) is 5.59. The summed E-state index contributed by atoms with van der Waals surface area (Å²) in [5, 5.41) is 3.58. The molecule has 1 aromatic heterocycles. The number of nitrogens with zero attached hydrogens (tertiary/aromatic N) is 1. The fraction of sp³-hybridized carbons (Fsp3) is 0.688. The topological polar surface area (TPSA) is 34.2 Å². The van der Waals surface area contributed by atoms with Gasteiger partial charge in [0.25, 0.3) is 0 Å². The summed E-state index contributed by atoms with van der Waals surface area (Å²) in [5.41, 5.74) is 2.41. The summed E-state index contributed by atoms with van der Waals surface area (Å²) in [6.45, 7) is 8.40. The fourth-order valence-electron chi connectivity index (χ4n) is 2.82. The number of likely N-dealkylation sites (N-methyl/N-ethyl adjacent to an activating group) is 1. The van der Waals surface area contributed by atoms with Gasteiger partial charge in [-0.1, -0.05) is 19.9 Å². The Hall–Kier alpha value is -0.930. The molecule has 106 valence electrons. The van der Waals surface area contributed by atoms with Crippen LogP contribution in [0.3, 0.4) is 0 Å². The highest BCUT2D eigenvalue weighted by Crippen LogP contribution is 2.30. The van der Waals surface area contributed by atoms with Crippen LogP contribution in [0.25, 0.3) is 0 Å². The van der Waals surface area contributed by atoms with Crippen molar-refractivity contribution in [3.8, 4) is 0 Å². The maximum atomic E-state index is 5.98. The van der Waals surface area contributed by atoms with Crippen molar-refractivity contribution in [2.24, 2.45) is 0 Å². The molecular formula is C16H26N2O. The Morgan fingerprint density at radius 1 is 1.42 bits per heavy atom. The van der Waals surface area contributed by atoms with Crippen LogP contribution in [0.15, 0.2) is 18.3 Å². The molecule has 1 aromatic rings. The standard InChI is InChI=1S/C16H26N2O/c1-4-13-7-8-14(18-12-13)11-15(17-5-2)16(3)9-6-10-19-16/h7-8,12,15,17H,4-6,9-11H2,1-3H3. The van der Waals surface area contributed by atoms with Gasteiger partial charge >= 0.3 is 0 Å². The predicted octanol–water partition coefficient (Wildman–Crippen LogP) is 2.73. The zero-order valence-electron chi connectivity index (χ0n) is 12.4. The number of pyridine rings is 1. The molecule has 1 saturated heterocycles. The van der Waals surface area contributed by atoms with Gasteiger partial charge in [-0.2, -0.15) is 0 Å². The van der Waals surface area contributed by atoms with Gasteiger partial charge in [0, 0.05) is 31.0 Å². The molecule has 0 aliphatic carbocycles. The summed E-state index contributed by atoms with van der Waals surface area (Å²) >= 11 is 0. The van der Waals surface area contributed by atoms with E-state index in [4.69, 9.17) is 4.74 Å². The van der Waals surface area contributed by atoms with Crippen LogP contribution < -0.4 is 5.32 Å². The molecule has 3 heteroatoms. The lowest BCUT2D eigenvalue weighted by Crippen LogP contribution is -2.49. The first-order valence-electron chi connectivity index (χ1n) is 7.49. The molecular weight excluding hydrogens is 236 g/mol. The first-order chi connectivity index (χ1) is 9.18. The molecule has 0 amide bonds. The third-order valence-electron chi connectivity index (χ3n) is 4.14. The summed E-state index contributed by atoms with van der Waals surface area (Å²) in [5.74, 6) is 0. The molecule has 1 N–H and O–H groups in total. The molecule has 0 saturated carbocycles. The van der Waals surface area contributed by atoms with Crippen molar-refractivity contribution < 1.29 is 4.74 Å². The van der Waals surface area contributed by atoms with Gasteiger partial charge in [0.15, 0.2) is 0 Å². The van der Waals surface area contributed by atoms with Crippen LogP contribution in [0.5, 0.6) is 0 Å². The predicted molar refractivity (Wildman–Crippen MR) is 78.4 cm³/mol. The van der Waals surface area contributed by atoms with Crippen LogP contribution in [0.1, 0.15) is 44.9 Å². The van der Waals surface area contributed by atoms with Crippen molar-refractivity contribution in [3.63, 3.8) is 0 Å². The van der Waals surface area contributed by atoms with Gasteiger partial charge in [-0.3, -0.25) is 4.98 Å². The molecule has 2 heterocycles. The Bertz CT molecular complexity index is 382. The highest BCUT2D eigenvalue weighted by molar-refractivity contribution is 5.15. The number of rotatable bonds is 6. The van der Waals surface area contributed by atoms with Crippen LogP contribution in [-0.2, 0) is 17.6 Å². The lowest BCUT2D eigenvalue weighted by atomic mass is 9.89. The molecule has 1 aliphatic heterocycles. The van der Waals surface area contributed by atoms with E-state index in [-0.39, 0.29) is 5.60 Å². The quantitative estimate of drug-likeness (QED) is 0.856. The van der Waals surface area contributed by atoms with Gasteiger partial charge in [-0.15, -0.1) is 0 Å². The Labute approximate surface area is 116 Å². The van der Waals surface area contributed by atoms with Crippen LogP contribution in [-0.4, -0.2) is 29.8 Å². The van der Waals surface area contributed by atoms with E-state index in [1.165, 1.54) is 12.0 Å². The lowest BCUT2D eigenvalue weighted by Gasteiger charge is -2.34. The van der Waals surface area contributed by atoms with Crippen LogP contribution in [0, 0.1) is 0 Å². The largest absolute Gasteiger partial charge is 0.374 e. The molecule has 2 unspecified atom stereocenters. The number of nitrogens with one attached hydrogen (secondary N) is 1. The van der Waals surface area contributed by atoms with E-state index >= 15 is 0 Å². The van der Waals surface area contributed by atoms with E-state index in [2.05, 4.69) is 43.2 Å². The molecule has 1 aliphatic rings. The Morgan fingerprint density at radius 2 is 2.26 bits per heavy atom. The maximum Gasteiger partial charge on any atom is 0.0811 e. The molecule has 0 aromatic carbocycles. The Kier molecular flexibility index (Phi) is 4.94. The minimum absolute atomic E-state index is 0.0406. The van der Waals surface area contributed by atoms with Crippen molar-refractivity contribution >= 4 is 0 Å². The second kappa shape index (κ2) is 6.49. The maximum absolute atomic E-state index is 5.98. The van der Waals surface area contributed by atoms with E-state index in [9.17, 15) is 0 Å². The molecule has 0 bridgehead atoms. The summed E-state index contributed by atoms with van der Waals surface area (Å²) < 4.78 is 5.98. The summed E-state index contributed by atoms with van der Waals surface area (Å²) in [7, 11) is 0. The average Bonchev–Trinajstić information content (AvgIpc) is 2.87. The summed E-state index contributed by atoms with van der Waals surface area (Å²) in [6, 6.07) is 4.69. The molecule has 2 atom stereocenters. The summed E-state index contributed by atoms with van der Waals surface area (Å²) in [6.07, 6.45) is 6.29. The van der Waals surface area contributed by atoms with Crippen LogP contribution >= 0.6 is 0 Å². The molecule has 0 radical (unpaired) electrons. The lowest BCUT2D eigenvalue weighted by molar-refractivity contribution is -0.0113. The molecule has 19 heavy (non-hydrogen) atoms. The number of aryl methyl sites for hydroxylation is 1. The van der Waals surface area contributed by atoms with E-state index in [0.29, 0.717) is 6.04 Å². The number of hydrogen-bond acceptors (Lipinski definition) is 3. The highest BCUT2D eigenvalue weighted by atomic mass is 16.5. The molecule has 3 nitrogen and oxygen atoms in total. The normalized spacial score (nSPS) is 24.6. The summed E-state index contributed by atoms with van der Waals surface area (Å²) in [4.78, 5) is 4.58. The third kappa shape index (κ3) is 3.54. The van der Waals surface area contributed by atoms with Crippen molar-refractivity contribution in [2.45, 2.75) is 58.1 Å². The number of ether oxygens (including phenoxy) is 1. The van der Waals surface area contributed by atoms with E-state index in [1.54, 1.807) is 0 Å². The Morgan fingerprint density at radius 3 is 2.79 bits per heavy atom. The van der Waals surface area contributed by atoms with E-state index in [0.717, 1.165) is 38.1 Å². The SMILES string of the molecule is CCNC(Cc1ccc(CC)cn1)C1(C)CCCO1. The third-order valence-corrected chi connectivity index (χ3v) is 4.14. The monoisotopic (exact) mass is 262 g/mol. The zero-order chi connectivity index (χ0) is 13.7. The first-order valence-corrected chi connectivity index (χ1v) is 7.49. The minimum atomic E-state index is -0.0406. The van der Waals surface area contributed by atoms with Crippen molar-refractivity contribution in [1.29, 1.82) is 0 Å². The minimum Gasteiger partial charge on any atom is -0.374 e. The fourth-order valence-corrected chi connectivity index (χ4v) is 2.82. The van der Waals surface area contributed by atoms with Gasteiger partial charge in [-0.25, -0.2) is 0 Å². The van der Waals surface area contributed by atoms with E-state index in [1.807, 2.05) is 6.20 Å².